The fourth-order valence-electron chi connectivity index (χ4n) is 4.25. The molecule has 190 valence electrons. The molecule has 1 atom stereocenters. The molecule has 2 amide bonds. The summed E-state index contributed by atoms with van der Waals surface area (Å²) in [5, 5.41) is 5.44. The van der Waals surface area contributed by atoms with Gasteiger partial charge >= 0.3 is 11.8 Å². The minimum atomic E-state index is -0.673. The molecule has 0 saturated carbocycles. The number of piperazine rings is 1. The van der Waals surface area contributed by atoms with Crippen molar-refractivity contribution in [2.24, 2.45) is 0 Å². The van der Waals surface area contributed by atoms with Crippen molar-refractivity contribution in [3.63, 3.8) is 0 Å². The molecule has 0 unspecified atom stereocenters. The van der Waals surface area contributed by atoms with Gasteiger partial charge in [0.2, 0.25) is 0 Å². The highest BCUT2D eigenvalue weighted by Gasteiger charge is 2.28. The maximum Gasteiger partial charge on any atom is 0.309 e. The van der Waals surface area contributed by atoms with Crippen LogP contribution in [0.3, 0.4) is 0 Å². The van der Waals surface area contributed by atoms with Gasteiger partial charge < -0.3 is 29.4 Å². The van der Waals surface area contributed by atoms with Gasteiger partial charge in [-0.15, -0.1) is 0 Å². The van der Waals surface area contributed by atoms with E-state index in [2.05, 4.69) is 32.6 Å². The maximum absolute atomic E-state index is 12.5. The van der Waals surface area contributed by atoms with E-state index in [1.54, 1.807) is 20.5 Å². The van der Waals surface area contributed by atoms with Crippen LogP contribution < -0.4 is 25.0 Å². The highest BCUT2D eigenvalue weighted by Crippen LogP contribution is 2.25. The quantitative estimate of drug-likeness (QED) is 0.443. The molecule has 1 saturated heterocycles. The Morgan fingerprint density at radius 2 is 1.47 bits per heavy atom. The van der Waals surface area contributed by atoms with E-state index >= 15 is 0 Å². The minimum Gasteiger partial charge on any atom is -0.497 e. The van der Waals surface area contributed by atoms with E-state index in [4.69, 9.17) is 13.9 Å². The molecular weight excluding hydrogens is 460 g/mol. The van der Waals surface area contributed by atoms with E-state index in [0.29, 0.717) is 0 Å². The number of benzene rings is 2. The number of carbonyl (C=O) groups excluding carboxylic acids is 2. The van der Waals surface area contributed by atoms with E-state index in [-0.39, 0.29) is 19.1 Å². The first-order valence-electron chi connectivity index (χ1n) is 11.9. The van der Waals surface area contributed by atoms with E-state index < -0.39 is 11.8 Å². The third-order valence-corrected chi connectivity index (χ3v) is 6.34. The first kappa shape index (κ1) is 25.1. The third-order valence-electron chi connectivity index (χ3n) is 6.34. The molecule has 2 heterocycles. The van der Waals surface area contributed by atoms with Crippen molar-refractivity contribution in [2.75, 3.05) is 51.8 Å². The largest absolute Gasteiger partial charge is 0.497 e. The van der Waals surface area contributed by atoms with Gasteiger partial charge in [-0.05, 0) is 54.1 Å². The number of nitrogens with zero attached hydrogens (tertiary/aromatic N) is 2. The highest BCUT2D eigenvalue weighted by molar-refractivity contribution is 6.35. The first-order valence-corrected chi connectivity index (χ1v) is 11.9. The molecule has 1 aliphatic heterocycles. The standard InChI is InChI=1S/C27H32N4O5/c1-34-22-9-5-20(6-10-22)18-28-26(32)27(33)29-19-24(25-4-3-17-36-25)31-15-13-30(14-16-31)21-7-11-23(35-2)12-8-21/h3-12,17,24H,13-16,18-19H2,1-2H3,(H,28,32)(H,29,33)/t24-/m0/s1. The summed E-state index contributed by atoms with van der Waals surface area (Å²) < 4.78 is 16.1. The summed E-state index contributed by atoms with van der Waals surface area (Å²) in [4.78, 5) is 29.5. The summed E-state index contributed by atoms with van der Waals surface area (Å²) in [6.07, 6.45) is 1.62. The first-order chi connectivity index (χ1) is 17.6. The van der Waals surface area contributed by atoms with Crippen LogP contribution in [0.25, 0.3) is 0 Å². The van der Waals surface area contributed by atoms with Crippen molar-refractivity contribution in [1.82, 2.24) is 15.5 Å². The number of nitrogens with one attached hydrogen (secondary N) is 2. The van der Waals surface area contributed by atoms with Crippen molar-refractivity contribution in [2.45, 2.75) is 12.6 Å². The lowest BCUT2D eigenvalue weighted by Crippen LogP contribution is -2.50. The van der Waals surface area contributed by atoms with Crippen molar-refractivity contribution in [3.05, 3.63) is 78.3 Å². The van der Waals surface area contributed by atoms with Gasteiger partial charge in [0.25, 0.3) is 0 Å². The Balaban J connectivity index is 1.30. The van der Waals surface area contributed by atoms with Crippen LogP contribution in [-0.2, 0) is 16.1 Å². The third kappa shape index (κ3) is 6.37. The number of carbonyl (C=O) groups is 2. The topological polar surface area (TPSA) is 96.3 Å². The van der Waals surface area contributed by atoms with Gasteiger partial charge in [0, 0.05) is 45.0 Å². The van der Waals surface area contributed by atoms with Crippen LogP contribution in [-0.4, -0.2) is 63.7 Å². The summed E-state index contributed by atoms with van der Waals surface area (Å²) in [5.41, 5.74) is 2.02. The van der Waals surface area contributed by atoms with Crippen LogP contribution in [0.15, 0.2) is 71.3 Å². The van der Waals surface area contributed by atoms with Crippen LogP contribution in [0.5, 0.6) is 11.5 Å². The number of ether oxygens (including phenoxy) is 2. The Hall–Kier alpha value is -3.98. The zero-order valence-electron chi connectivity index (χ0n) is 20.6. The van der Waals surface area contributed by atoms with Crippen LogP contribution in [0.4, 0.5) is 5.69 Å². The SMILES string of the molecule is COc1ccc(CNC(=O)C(=O)NC[C@@H](c2ccco2)N2CCN(c3ccc(OC)cc3)CC2)cc1. The second-order valence-electron chi connectivity index (χ2n) is 8.49. The lowest BCUT2D eigenvalue weighted by atomic mass is 10.1. The Labute approximate surface area is 211 Å². The number of methoxy groups -OCH3 is 2. The number of rotatable bonds is 9. The van der Waals surface area contributed by atoms with Crippen LogP contribution in [0, 0.1) is 0 Å². The number of anilines is 1. The molecule has 0 radical (unpaired) electrons. The molecule has 2 N–H and O–H groups in total. The Kier molecular flexibility index (Phi) is 8.46. The molecule has 9 nitrogen and oxygen atoms in total. The lowest BCUT2D eigenvalue weighted by molar-refractivity contribution is -0.139. The zero-order chi connectivity index (χ0) is 25.3. The van der Waals surface area contributed by atoms with Gasteiger partial charge in [-0.25, -0.2) is 0 Å². The van der Waals surface area contributed by atoms with Gasteiger partial charge in [0.05, 0.1) is 26.5 Å². The molecule has 1 aromatic heterocycles. The van der Waals surface area contributed by atoms with Crippen molar-refractivity contribution < 1.29 is 23.5 Å². The number of hydrogen-bond acceptors (Lipinski definition) is 7. The predicted octanol–water partition coefficient (Wildman–Crippen LogP) is 2.59. The number of hydrogen-bond donors (Lipinski definition) is 2. The Morgan fingerprint density at radius 1 is 0.861 bits per heavy atom. The molecule has 0 bridgehead atoms. The average molecular weight is 493 g/mol. The van der Waals surface area contributed by atoms with Gasteiger partial charge in [0.1, 0.15) is 17.3 Å². The second-order valence-corrected chi connectivity index (χ2v) is 8.49. The van der Waals surface area contributed by atoms with E-state index in [9.17, 15) is 9.59 Å². The molecule has 1 fully saturated rings. The predicted molar refractivity (Wildman–Crippen MR) is 136 cm³/mol. The summed E-state index contributed by atoms with van der Waals surface area (Å²) in [6, 6.07) is 18.9. The summed E-state index contributed by atoms with van der Waals surface area (Å²) >= 11 is 0. The molecule has 36 heavy (non-hydrogen) atoms. The van der Waals surface area contributed by atoms with Crippen molar-refractivity contribution >= 4 is 17.5 Å². The average Bonchev–Trinajstić information content (AvgIpc) is 3.47. The normalized spacial score (nSPS) is 14.7. The van der Waals surface area contributed by atoms with Crippen LogP contribution in [0.2, 0.25) is 0 Å². The smallest absolute Gasteiger partial charge is 0.309 e. The van der Waals surface area contributed by atoms with Gasteiger partial charge in [-0.3, -0.25) is 14.5 Å². The summed E-state index contributed by atoms with van der Waals surface area (Å²) in [6.45, 7) is 3.77. The second kappa shape index (κ2) is 12.1. The van der Waals surface area contributed by atoms with Gasteiger partial charge in [-0.1, -0.05) is 12.1 Å². The fourth-order valence-corrected chi connectivity index (χ4v) is 4.25. The molecule has 0 aliphatic carbocycles. The van der Waals surface area contributed by atoms with E-state index in [1.807, 2.05) is 48.5 Å². The van der Waals surface area contributed by atoms with Gasteiger partial charge in [0.15, 0.2) is 0 Å². The van der Waals surface area contributed by atoms with Crippen LogP contribution in [0.1, 0.15) is 17.4 Å². The van der Waals surface area contributed by atoms with Crippen molar-refractivity contribution in [1.29, 1.82) is 0 Å². The number of furan rings is 1. The van der Waals surface area contributed by atoms with E-state index in [0.717, 1.165) is 54.7 Å². The Bertz CT molecular complexity index is 1110. The molecule has 3 aromatic rings. The fraction of sp³-hybridized carbons (Fsp3) is 0.333. The van der Waals surface area contributed by atoms with Gasteiger partial charge in [-0.2, -0.15) is 0 Å². The maximum atomic E-state index is 12.5. The molecule has 2 aromatic carbocycles. The lowest BCUT2D eigenvalue weighted by Gasteiger charge is -2.39. The Morgan fingerprint density at radius 3 is 2.06 bits per heavy atom. The van der Waals surface area contributed by atoms with Crippen LogP contribution >= 0.6 is 0 Å². The minimum absolute atomic E-state index is 0.170. The molecule has 1 aliphatic rings. The summed E-state index contributed by atoms with van der Waals surface area (Å²) in [7, 11) is 3.25. The molecule has 0 spiro atoms. The molecule has 4 rings (SSSR count). The summed E-state index contributed by atoms with van der Waals surface area (Å²) in [5.74, 6) is 0.979. The van der Waals surface area contributed by atoms with Crippen molar-refractivity contribution in [3.8, 4) is 11.5 Å². The molecular formula is C27H32N4O5. The zero-order valence-corrected chi connectivity index (χ0v) is 20.6. The molecule has 9 heteroatoms. The monoisotopic (exact) mass is 492 g/mol. The number of amides is 2. The highest BCUT2D eigenvalue weighted by atomic mass is 16.5. The van der Waals surface area contributed by atoms with E-state index in [1.165, 1.54) is 0 Å².